The van der Waals surface area contributed by atoms with Crippen LogP contribution in [-0.4, -0.2) is 17.7 Å². The van der Waals surface area contributed by atoms with Crippen molar-refractivity contribution in [2.24, 2.45) is 0 Å². The van der Waals surface area contributed by atoms with Gasteiger partial charge < -0.3 is 5.32 Å². The molecule has 2 aromatic heterocycles. The lowest BCUT2D eigenvalue weighted by atomic mass is 10.4. The third kappa shape index (κ3) is 3.79. The molecule has 0 spiro atoms. The first-order chi connectivity index (χ1) is 8.04. The molecule has 1 N–H and O–H groups in total. The summed E-state index contributed by atoms with van der Waals surface area (Å²) in [5, 5.41) is 6.89. The third-order valence-electron chi connectivity index (χ3n) is 1.92. The Labute approximate surface area is 104 Å². The smallest absolute Gasteiger partial charge is 0.303 e. The minimum Gasteiger partial charge on any atom is -0.303 e. The van der Waals surface area contributed by atoms with Gasteiger partial charge in [0.25, 0.3) is 0 Å². The first kappa shape index (κ1) is 12.5. The first-order valence-corrected chi connectivity index (χ1v) is 6.56. The van der Waals surface area contributed by atoms with Crippen molar-refractivity contribution >= 4 is 22.7 Å². The standard InChI is InChI=1S/C10H9F3N2S2/c11-10(12,13)6-14-4-7-5-17-9(15-7)8-2-1-3-16-8/h1-3,5,14H,4,6H2. The van der Waals surface area contributed by atoms with E-state index in [9.17, 15) is 13.2 Å². The second-order valence-corrected chi connectivity index (χ2v) is 5.15. The van der Waals surface area contributed by atoms with Gasteiger partial charge in [-0.15, -0.1) is 22.7 Å². The molecule has 0 radical (unpaired) electrons. The van der Waals surface area contributed by atoms with Crippen LogP contribution in [0.3, 0.4) is 0 Å². The van der Waals surface area contributed by atoms with E-state index in [1.165, 1.54) is 11.3 Å². The zero-order valence-electron chi connectivity index (χ0n) is 8.62. The Kier molecular flexibility index (Phi) is 3.80. The third-order valence-corrected chi connectivity index (χ3v) is 3.85. The number of halogens is 3. The van der Waals surface area contributed by atoms with Gasteiger partial charge in [0.1, 0.15) is 5.01 Å². The summed E-state index contributed by atoms with van der Waals surface area (Å²) in [7, 11) is 0. The molecule has 0 aliphatic carbocycles. The van der Waals surface area contributed by atoms with Gasteiger partial charge in [0.05, 0.1) is 17.1 Å². The Balaban J connectivity index is 1.91. The van der Waals surface area contributed by atoms with E-state index in [2.05, 4.69) is 10.3 Å². The number of aromatic nitrogens is 1. The van der Waals surface area contributed by atoms with Crippen molar-refractivity contribution in [1.29, 1.82) is 0 Å². The van der Waals surface area contributed by atoms with Gasteiger partial charge >= 0.3 is 6.18 Å². The summed E-state index contributed by atoms with van der Waals surface area (Å²) in [5.41, 5.74) is 0.641. The normalized spacial score (nSPS) is 11.9. The molecule has 0 aliphatic heterocycles. The van der Waals surface area contributed by atoms with Crippen LogP contribution in [0.5, 0.6) is 0 Å². The molecular weight excluding hydrogens is 269 g/mol. The fraction of sp³-hybridized carbons (Fsp3) is 0.300. The van der Waals surface area contributed by atoms with E-state index < -0.39 is 12.7 Å². The fourth-order valence-electron chi connectivity index (χ4n) is 1.23. The quantitative estimate of drug-likeness (QED) is 0.925. The van der Waals surface area contributed by atoms with Crippen molar-refractivity contribution in [3.63, 3.8) is 0 Å². The summed E-state index contributed by atoms with van der Waals surface area (Å²) in [6.45, 7) is -0.847. The maximum absolute atomic E-state index is 11.9. The molecule has 17 heavy (non-hydrogen) atoms. The molecule has 0 aromatic carbocycles. The van der Waals surface area contributed by atoms with Gasteiger partial charge in [0, 0.05) is 11.9 Å². The van der Waals surface area contributed by atoms with Crippen molar-refractivity contribution in [3.05, 3.63) is 28.6 Å². The van der Waals surface area contributed by atoms with Gasteiger partial charge in [-0.25, -0.2) is 4.98 Å². The van der Waals surface area contributed by atoms with Gasteiger partial charge in [-0.05, 0) is 11.4 Å². The molecule has 2 aromatic rings. The number of thiophene rings is 1. The molecular formula is C10H9F3N2S2. The van der Waals surface area contributed by atoms with Crippen LogP contribution in [0.25, 0.3) is 9.88 Å². The highest BCUT2D eigenvalue weighted by molar-refractivity contribution is 7.20. The van der Waals surface area contributed by atoms with E-state index in [1.54, 1.807) is 16.7 Å². The van der Waals surface area contributed by atoms with E-state index in [0.717, 1.165) is 9.88 Å². The van der Waals surface area contributed by atoms with E-state index in [0.29, 0.717) is 5.69 Å². The summed E-state index contributed by atoms with van der Waals surface area (Å²) in [6, 6.07) is 3.86. The van der Waals surface area contributed by atoms with Gasteiger partial charge in [-0.1, -0.05) is 6.07 Å². The lowest BCUT2D eigenvalue weighted by Crippen LogP contribution is -2.28. The highest BCUT2D eigenvalue weighted by Gasteiger charge is 2.26. The van der Waals surface area contributed by atoms with Crippen molar-refractivity contribution in [1.82, 2.24) is 10.3 Å². The number of rotatable bonds is 4. The monoisotopic (exact) mass is 278 g/mol. The number of alkyl halides is 3. The van der Waals surface area contributed by atoms with Gasteiger partial charge in [-0.2, -0.15) is 13.2 Å². The molecule has 7 heteroatoms. The molecule has 0 saturated carbocycles. The van der Waals surface area contributed by atoms with Crippen molar-refractivity contribution < 1.29 is 13.2 Å². The van der Waals surface area contributed by atoms with Crippen LogP contribution in [0.1, 0.15) is 5.69 Å². The molecule has 0 aliphatic rings. The largest absolute Gasteiger partial charge is 0.401 e. The van der Waals surface area contributed by atoms with Crippen LogP contribution in [0, 0.1) is 0 Å². The second-order valence-electron chi connectivity index (χ2n) is 3.34. The van der Waals surface area contributed by atoms with Crippen molar-refractivity contribution in [2.45, 2.75) is 12.7 Å². The SMILES string of the molecule is FC(F)(F)CNCc1csc(-c2cccs2)n1. The average molecular weight is 278 g/mol. The van der Waals surface area contributed by atoms with Crippen LogP contribution in [0.2, 0.25) is 0 Å². The van der Waals surface area contributed by atoms with E-state index in [-0.39, 0.29) is 6.54 Å². The molecule has 0 atom stereocenters. The zero-order chi connectivity index (χ0) is 12.3. The van der Waals surface area contributed by atoms with Crippen LogP contribution in [-0.2, 0) is 6.54 Å². The van der Waals surface area contributed by atoms with Crippen molar-refractivity contribution in [3.8, 4) is 9.88 Å². The Hall–Kier alpha value is -0.920. The maximum Gasteiger partial charge on any atom is 0.401 e. The molecule has 2 rings (SSSR count). The average Bonchev–Trinajstić information content (AvgIpc) is 2.83. The summed E-state index contributed by atoms with van der Waals surface area (Å²) in [6.07, 6.45) is -4.17. The predicted octanol–water partition coefficient (Wildman–Crippen LogP) is 3.52. The molecule has 2 nitrogen and oxygen atoms in total. The predicted molar refractivity (Wildman–Crippen MR) is 63.2 cm³/mol. The lowest BCUT2D eigenvalue weighted by molar-refractivity contribution is -0.125. The second kappa shape index (κ2) is 5.16. The first-order valence-electron chi connectivity index (χ1n) is 4.80. The topological polar surface area (TPSA) is 24.9 Å². The number of thiazole rings is 1. The van der Waals surface area contributed by atoms with Gasteiger partial charge in [0.2, 0.25) is 0 Å². The zero-order valence-corrected chi connectivity index (χ0v) is 10.3. The lowest BCUT2D eigenvalue weighted by Gasteiger charge is -2.06. The van der Waals surface area contributed by atoms with Gasteiger partial charge in [0.15, 0.2) is 0 Å². The Morgan fingerprint density at radius 3 is 2.76 bits per heavy atom. The molecule has 0 saturated heterocycles. The summed E-state index contributed by atoms with van der Waals surface area (Å²) in [5.74, 6) is 0. The molecule has 0 amide bonds. The summed E-state index contributed by atoms with van der Waals surface area (Å²) < 4.78 is 35.7. The van der Waals surface area contributed by atoms with Crippen LogP contribution >= 0.6 is 22.7 Å². The van der Waals surface area contributed by atoms with Crippen molar-refractivity contribution in [2.75, 3.05) is 6.54 Å². The van der Waals surface area contributed by atoms with Crippen LogP contribution in [0.15, 0.2) is 22.9 Å². The minimum atomic E-state index is -4.17. The van der Waals surface area contributed by atoms with E-state index in [1.807, 2.05) is 17.5 Å². The van der Waals surface area contributed by atoms with E-state index in [4.69, 9.17) is 0 Å². The van der Waals surface area contributed by atoms with Crippen LogP contribution < -0.4 is 5.32 Å². The highest BCUT2D eigenvalue weighted by atomic mass is 32.1. The molecule has 0 fully saturated rings. The number of nitrogens with zero attached hydrogens (tertiary/aromatic N) is 1. The molecule has 0 unspecified atom stereocenters. The minimum absolute atomic E-state index is 0.140. The summed E-state index contributed by atoms with van der Waals surface area (Å²) >= 11 is 3.01. The molecule has 2 heterocycles. The van der Waals surface area contributed by atoms with E-state index >= 15 is 0 Å². The number of hydrogen-bond acceptors (Lipinski definition) is 4. The number of nitrogens with one attached hydrogen (secondary N) is 1. The van der Waals surface area contributed by atoms with Crippen LogP contribution in [0.4, 0.5) is 13.2 Å². The Morgan fingerprint density at radius 2 is 2.12 bits per heavy atom. The Bertz CT molecular complexity index is 462. The molecule has 0 bridgehead atoms. The molecule has 92 valence electrons. The van der Waals surface area contributed by atoms with Gasteiger partial charge in [-0.3, -0.25) is 0 Å². The summed E-state index contributed by atoms with van der Waals surface area (Å²) in [4.78, 5) is 5.31. The highest BCUT2D eigenvalue weighted by Crippen LogP contribution is 2.27. The Morgan fingerprint density at radius 1 is 1.29 bits per heavy atom. The fourth-order valence-corrected chi connectivity index (χ4v) is 2.87. The number of hydrogen-bond donors (Lipinski definition) is 1. The maximum atomic E-state index is 11.9.